The minimum absolute atomic E-state index is 0.171. The van der Waals surface area contributed by atoms with E-state index in [1.54, 1.807) is 24.3 Å². The lowest BCUT2D eigenvalue weighted by atomic mass is 9.67. The highest BCUT2D eigenvalue weighted by atomic mass is 32.2. The second kappa shape index (κ2) is 10.8. The third-order valence-corrected chi connectivity index (χ3v) is 8.22. The summed E-state index contributed by atoms with van der Waals surface area (Å²) in [6, 6.07) is 15.6. The quantitative estimate of drug-likeness (QED) is 0.522. The molecule has 0 aromatic heterocycles. The van der Waals surface area contributed by atoms with Crippen molar-refractivity contribution in [3.05, 3.63) is 78.4 Å². The van der Waals surface area contributed by atoms with Gasteiger partial charge in [-0.15, -0.1) is 0 Å². The Bertz CT molecular complexity index is 1170. The fraction of sp³-hybridized carbons (Fsp3) is 0.407. The van der Waals surface area contributed by atoms with Crippen LogP contribution in [0.1, 0.15) is 38.8 Å². The SMILES string of the molecule is C=CC(=O)NC1C(C)(C)CN(S(=O)(=O)c2ccc(CNC(=O)OCc3ccccc3)cc2)CC1(C)C. The molecule has 1 aliphatic rings. The number of amides is 2. The van der Waals surface area contributed by atoms with Gasteiger partial charge in [0.1, 0.15) is 6.61 Å². The first kappa shape index (κ1) is 27.4. The number of carbonyl (C=O) groups excluding carboxylic acids is 2. The summed E-state index contributed by atoms with van der Waals surface area (Å²) in [5.41, 5.74) is 0.632. The van der Waals surface area contributed by atoms with Crippen molar-refractivity contribution in [3.63, 3.8) is 0 Å². The fourth-order valence-corrected chi connectivity index (χ4v) is 6.63. The number of sulfonamides is 1. The molecule has 0 bridgehead atoms. The Morgan fingerprint density at radius 2 is 1.58 bits per heavy atom. The number of benzene rings is 2. The Hall–Kier alpha value is -3.17. The van der Waals surface area contributed by atoms with Crippen LogP contribution in [-0.2, 0) is 32.7 Å². The third-order valence-electron chi connectivity index (χ3n) is 6.41. The number of carbonyl (C=O) groups is 2. The molecule has 0 unspecified atom stereocenters. The molecule has 0 spiro atoms. The Morgan fingerprint density at radius 1 is 1.00 bits per heavy atom. The molecule has 2 aromatic carbocycles. The smallest absolute Gasteiger partial charge is 0.407 e. The number of ether oxygens (including phenoxy) is 1. The van der Waals surface area contributed by atoms with E-state index >= 15 is 0 Å². The molecular formula is C27H35N3O5S. The molecule has 0 saturated carbocycles. The average Bonchev–Trinajstić information content (AvgIpc) is 2.83. The zero-order valence-electron chi connectivity index (χ0n) is 21.3. The lowest BCUT2D eigenvalue weighted by Crippen LogP contribution is -2.64. The van der Waals surface area contributed by atoms with Crippen molar-refractivity contribution in [1.82, 2.24) is 14.9 Å². The van der Waals surface area contributed by atoms with Gasteiger partial charge in [-0.1, -0.05) is 76.7 Å². The van der Waals surface area contributed by atoms with Gasteiger partial charge in [-0.3, -0.25) is 4.79 Å². The van der Waals surface area contributed by atoms with E-state index in [4.69, 9.17) is 4.74 Å². The van der Waals surface area contributed by atoms with E-state index in [0.29, 0.717) is 0 Å². The predicted molar refractivity (Wildman–Crippen MR) is 138 cm³/mol. The second-order valence-corrected chi connectivity index (χ2v) is 12.4. The van der Waals surface area contributed by atoms with Crippen molar-refractivity contribution in [3.8, 4) is 0 Å². The highest BCUT2D eigenvalue weighted by Crippen LogP contribution is 2.42. The van der Waals surface area contributed by atoms with Gasteiger partial charge in [0.05, 0.1) is 4.90 Å². The van der Waals surface area contributed by atoms with E-state index in [0.717, 1.165) is 11.1 Å². The predicted octanol–water partition coefficient (Wildman–Crippen LogP) is 3.84. The van der Waals surface area contributed by atoms with Crippen LogP contribution in [-0.4, -0.2) is 43.9 Å². The maximum atomic E-state index is 13.5. The molecule has 9 heteroatoms. The molecule has 0 atom stereocenters. The zero-order chi connectivity index (χ0) is 26.6. The lowest BCUT2D eigenvalue weighted by molar-refractivity contribution is -0.120. The Balaban J connectivity index is 1.63. The number of hydrogen-bond acceptors (Lipinski definition) is 5. The molecule has 36 heavy (non-hydrogen) atoms. The number of nitrogens with zero attached hydrogens (tertiary/aromatic N) is 1. The van der Waals surface area contributed by atoms with Gasteiger partial charge in [0.2, 0.25) is 15.9 Å². The highest BCUT2D eigenvalue weighted by Gasteiger charge is 2.50. The molecule has 1 saturated heterocycles. The van der Waals surface area contributed by atoms with E-state index < -0.39 is 26.9 Å². The van der Waals surface area contributed by atoms with Crippen LogP contribution < -0.4 is 10.6 Å². The molecule has 1 aliphatic heterocycles. The molecule has 0 radical (unpaired) electrons. The molecule has 2 amide bonds. The second-order valence-electron chi connectivity index (χ2n) is 10.5. The van der Waals surface area contributed by atoms with Crippen LogP contribution >= 0.6 is 0 Å². The standard InChI is InChI=1S/C27H35N3O5S/c1-6-23(31)29-24-26(2,3)18-30(19-27(24,4)5)36(33,34)22-14-12-20(13-15-22)16-28-25(32)35-17-21-10-8-7-9-11-21/h6-15,24H,1,16-19H2,2-5H3,(H,28,32)(H,29,31). The summed E-state index contributed by atoms with van der Waals surface area (Å²) in [5, 5.41) is 5.66. The zero-order valence-corrected chi connectivity index (χ0v) is 22.1. The van der Waals surface area contributed by atoms with Crippen molar-refractivity contribution in [2.75, 3.05) is 13.1 Å². The highest BCUT2D eigenvalue weighted by molar-refractivity contribution is 7.89. The van der Waals surface area contributed by atoms with Gasteiger partial charge >= 0.3 is 6.09 Å². The number of rotatable bonds is 8. The molecular weight excluding hydrogens is 478 g/mol. The van der Waals surface area contributed by atoms with Crippen LogP contribution in [0.4, 0.5) is 4.79 Å². The summed E-state index contributed by atoms with van der Waals surface area (Å²) in [6.45, 7) is 12.2. The van der Waals surface area contributed by atoms with E-state index in [2.05, 4.69) is 17.2 Å². The first-order valence-corrected chi connectivity index (χ1v) is 13.3. The number of hydrogen-bond donors (Lipinski definition) is 2. The Morgan fingerprint density at radius 3 is 2.14 bits per heavy atom. The van der Waals surface area contributed by atoms with Gasteiger partial charge in [0.15, 0.2) is 0 Å². The van der Waals surface area contributed by atoms with E-state index in [1.807, 2.05) is 58.0 Å². The first-order chi connectivity index (χ1) is 16.8. The molecule has 3 rings (SSSR count). The minimum atomic E-state index is -3.76. The molecule has 1 heterocycles. The van der Waals surface area contributed by atoms with Crippen molar-refractivity contribution in [1.29, 1.82) is 0 Å². The van der Waals surface area contributed by atoms with E-state index in [-0.39, 0.29) is 43.1 Å². The normalized spacial score (nSPS) is 17.7. The van der Waals surface area contributed by atoms with Crippen LogP contribution in [0.3, 0.4) is 0 Å². The molecule has 2 N–H and O–H groups in total. The number of nitrogens with one attached hydrogen (secondary N) is 2. The van der Waals surface area contributed by atoms with Crippen molar-refractivity contribution in [2.24, 2.45) is 10.8 Å². The van der Waals surface area contributed by atoms with Crippen molar-refractivity contribution >= 4 is 22.0 Å². The number of alkyl carbamates (subject to hydrolysis) is 1. The van der Waals surface area contributed by atoms with Gasteiger partial charge in [0.25, 0.3) is 0 Å². The number of piperidine rings is 1. The minimum Gasteiger partial charge on any atom is -0.445 e. The van der Waals surface area contributed by atoms with E-state index in [9.17, 15) is 18.0 Å². The maximum absolute atomic E-state index is 13.5. The van der Waals surface area contributed by atoms with Crippen LogP contribution in [0, 0.1) is 10.8 Å². The van der Waals surface area contributed by atoms with Gasteiger partial charge in [-0.25, -0.2) is 13.2 Å². The van der Waals surface area contributed by atoms with Gasteiger partial charge in [-0.05, 0) is 40.2 Å². The van der Waals surface area contributed by atoms with E-state index in [1.165, 1.54) is 10.4 Å². The van der Waals surface area contributed by atoms with Gasteiger partial charge in [-0.2, -0.15) is 4.31 Å². The van der Waals surface area contributed by atoms with Crippen molar-refractivity contribution in [2.45, 2.75) is 51.8 Å². The van der Waals surface area contributed by atoms with Crippen LogP contribution in [0.5, 0.6) is 0 Å². The average molecular weight is 514 g/mol. The fourth-order valence-electron chi connectivity index (χ4n) is 4.84. The Labute approximate surface area is 213 Å². The van der Waals surface area contributed by atoms with Crippen molar-refractivity contribution < 1.29 is 22.7 Å². The summed E-state index contributed by atoms with van der Waals surface area (Å²) < 4.78 is 33.6. The Kier molecular flexibility index (Phi) is 8.26. The summed E-state index contributed by atoms with van der Waals surface area (Å²) in [4.78, 5) is 24.2. The van der Waals surface area contributed by atoms with Crippen LogP contribution in [0.25, 0.3) is 0 Å². The molecule has 0 aliphatic carbocycles. The summed E-state index contributed by atoms with van der Waals surface area (Å²) in [6.07, 6.45) is 0.681. The first-order valence-electron chi connectivity index (χ1n) is 11.8. The summed E-state index contributed by atoms with van der Waals surface area (Å²) >= 11 is 0. The van der Waals surface area contributed by atoms with Gasteiger partial charge in [0, 0.05) is 25.7 Å². The molecule has 194 valence electrons. The molecule has 2 aromatic rings. The van der Waals surface area contributed by atoms with Gasteiger partial charge < -0.3 is 15.4 Å². The topological polar surface area (TPSA) is 105 Å². The lowest BCUT2D eigenvalue weighted by Gasteiger charge is -2.52. The van der Waals surface area contributed by atoms with Crippen LogP contribution in [0.15, 0.2) is 72.1 Å². The largest absolute Gasteiger partial charge is 0.445 e. The monoisotopic (exact) mass is 513 g/mol. The third kappa shape index (κ3) is 6.53. The molecule has 8 nitrogen and oxygen atoms in total. The van der Waals surface area contributed by atoms with Crippen LogP contribution in [0.2, 0.25) is 0 Å². The molecule has 1 fully saturated rings. The summed E-state index contributed by atoms with van der Waals surface area (Å²) in [7, 11) is -3.76. The summed E-state index contributed by atoms with van der Waals surface area (Å²) in [5.74, 6) is -0.273. The maximum Gasteiger partial charge on any atom is 0.407 e.